The van der Waals surface area contributed by atoms with Gasteiger partial charge >= 0.3 is 6.61 Å². The van der Waals surface area contributed by atoms with Crippen molar-refractivity contribution in [2.75, 3.05) is 13.2 Å². The second-order valence-corrected chi connectivity index (χ2v) is 5.94. The molecule has 0 spiro atoms. The summed E-state index contributed by atoms with van der Waals surface area (Å²) in [6.07, 6.45) is 4.76. The van der Waals surface area contributed by atoms with Crippen molar-refractivity contribution >= 4 is 0 Å². The Morgan fingerprint density at radius 1 is 1.26 bits per heavy atom. The second kappa shape index (κ2) is 8.45. The summed E-state index contributed by atoms with van der Waals surface area (Å²) < 4.78 is 35.3. The van der Waals surface area contributed by atoms with E-state index in [0.717, 1.165) is 32.1 Å². The summed E-state index contributed by atoms with van der Waals surface area (Å²) in [6.45, 7) is 0.0369. The van der Waals surface area contributed by atoms with Gasteiger partial charge in [-0.25, -0.2) is 0 Å². The van der Waals surface area contributed by atoms with Crippen LogP contribution in [0.25, 0.3) is 0 Å². The fourth-order valence-electron chi connectivity index (χ4n) is 3.01. The maximum absolute atomic E-state index is 12.7. The molecule has 1 aliphatic rings. The van der Waals surface area contributed by atoms with Crippen LogP contribution in [0.4, 0.5) is 8.78 Å². The van der Waals surface area contributed by atoms with Crippen LogP contribution in [-0.4, -0.2) is 30.5 Å². The topological polar surface area (TPSA) is 50.7 Å². The molecule has 0 aromatic heterocycles. The molecule has 2 N–H and O–H groups in total. The van der Waals surface area contributed by atoms with Crippen molar-refractivity contribution in [1.82, 2.24) is 5.32 Å². The van der Waals surface area contributed by atoms with Crippen molar-refractivity contribution in [1.29, 1.82) is 0 Å². The Morgan fingerprint density at radius 3 is 2.65 bits per heavy atom. The van der Waals surface area contributed by atoms with Crippen LogP contribution in [0.3, 0.4) is 0 Å². The molecule has 1 aliphatic carbocycles. The first-order valence-corrected chi connectivity index (χ1v) is 8.17. The number of para-hydroxylation sites is 1. The van der Waals surface area contributed by atoms with E-state index in [9.17, 15) is 13.9 Å². The third-order valence-corrected chi connectivity index (χ3v) is 4.12. The number of benzene rings is 1. The molecule has 0 bridgehead atoms. The first-order valence-electron chi connectivity index (χ1n) is 8.17. The zero-order chi connectivity index (χ0) is 16.7. The molecule has 1 aromatic rings. The molecule has 2 rings (SSSR count). The lowest BCUT2D eigenvalue weighted by atomic mass is 9.85. The number of hydrogen-bond donors (Lipinski definition) is 2. The van der Waals surface area contributed by atoms with E-state index >= 15 is 0 Å². The molecule has 6 heteroatoms. The van der Waals surface area contributed by atoms with Crippen LogP contribution in [0.2, 0.25) is 0 Å². The van der Waals surface area contributed by atoms with Gasteiger partial charge in [0.05, 0.1) is 12.2 Å². The van der Waals surface area contributed by atoms with Gasteiger partial charge in [0.2, 0.25) is 0 Å². The molecule has 23 heavy (non-hydrogen) atoms. The van der Waals surface area contributed by atoms with Gasteiger partial charge in [-0.05, 0) is 25.8 Å². The standard InChI is InChI=1S/C17H25F2NO3/c1-2-22-14-8-6-7-13(15(14)23-16(18)19)11-20-12-17(21)9-4-3-5-10-17/h6-8,16,20-21H,2-5,9-12H2,1H3. The third kappa shape index (κ3) is 5.32. The lowest BCUT2D eigenvalue weighted by Crippen LogP contribution is -2.41. The minimum Gasteiger partial charge on any atom is -0.490 e. The number of halogens is 2. The monoisotopic (exact) mass is 329 g/mol. The van der Waals surface area contributed by atoms with E-state index < -0.39 is 12.2 Å². The van der Waals surface area contributed by atoms with Gasteiger partial charge in [-0.2, -0.15) is 8.78 Å². The van der Waals surface area contributed by atoms with Gasteiger partial charge < -0.3 is 19.9 Å². The number of nitrogens with one attached hydrogen (secondary N) is 1. The number of rotatable bonds is 8. The van der Waals surface area contributed by atoms with Gasteiger partial charge in [0, 0.05) is 18.7 Å². The molecule has 0 unspecified atom stereocenters. The molecule has 0 amide bonds. The van der Waals surface area contributed by atoms with Crippen LogP contribution < -0.4 is 14.8 Å². The highest BCUT2D eigenvalue weighted by Gasteiger charge is 2.28. The molecule has 0 heterocycles. The number of alkyl halides is 2. The van der Waals surface area contributed by atoms with Crippen molar-refractivity contribution in [3.05, 3.63) is 23.8 Å². The van der Waals surface area contributed by atoms with Crippen molar-refractivity contribution in [2.24, 2.45) is 0 Å². The minimum absolute atomic E-state index is 0.0625. The SMILES string of the molecule is CCOc1cccc(CNCC2(O)CCCCC2)c1OC(F)F. The minimum atomic E-state index is -2.90. The van der Waals surface area contributed by atoms with Crippen LogP contribution in [0, 0.1) is 0 Å². The normalized spacial score (nSPS) is 17.3. The molecule has 4 nitrogen and oxygen atoms in total. The van der Waals surface area contributed by atoms with Gasteiger partial charge in [-0.15, -0.1) is 0 Å². The highest BCUT2D eigenvalue weighted by atomic mass is 19.3. The summed E-state index contributed by atoms with van der Waals surface area (Å²) in [5.41, 5.74) is -0.102. The predicted molar refractivity (Wildman–Crippen MR) is 84.0 cm³/mol. The van der Waals surface area contributed by atoms with Crippen molar-refractivity contribution in [2.45, 2.75) is 57.8 Å². The Hall–Kier alpha value is -1.40. The Bertz CT molecular complexity index is 491. The fourth-order valence-corrected chi connectivity index (χ4v) is 3.01. The summed E-state index contributed by atoms with van der Waals surface area (Å²) in [5.74, 6) is 0.371. The van der Waals surface area contributed by atoms with E-state index in [1.54, 1.807) is 25.1 Å². The van der Waals surface area contributed by atoms with Gasteiger partial charge in [0.1, 0.15) is 0 Å². The smallest absolute Gasteiger partial charge is 0.387 e. The third-order valence-electron chi connectivity index (χ3n) is 4.12. The Balaban J connectivity index is 2.01. The van der Waals surface area contributed by atoms with Gasteiger partial charge in [-0.3, -0.25) is 0 Å². The predicted octanol–water partition coefficient (Wildman–Crippen LogP) is 3.47. The highest BCUT2D eigenvalue weighted by molar-refractivity contribution is 5.46. The largest absolute Gasteiger partial charge is 0.490 e. The van der Waals surface area contributed by atoms with Crippen LogP contribution in [0.5, 0.6) is 11.5 Å². The van der Waals surface area contributed by atoms with E-state index in [0.29, 0.717) is 31.0 Å². The molecule has 1 aromatic carbocycles. The summed E-state index contributed by atoms with van der Waals surface area (Å²) in [5, 5.41) is 13.6. The molecule has 1 fully saturated rings. The van der Waals surface area contributed by atoms with E-state index in [2.05, 4.69) is 10.1 Å². The first-order chi connectivity index (χ1) is 11.0. The average Bonchev–Trinajstić information content (AvgIpc) is 2.50. The van der Waals surface area contributed by atoms with Crippen LogP contribution in [0.1, 0.15) is 44.6 Å². The zero-order valence-corrected chi connectivity index (χ0v) is 13.5. The van der Waals surface area contributed by atoms with E-state index in [-0.39, 0.29) is 5.75 Å². The second-order valence-electron chi connectivity index (χ2n) is 5.94. The Morgan fingerprint density at radius 2 is 2.00 bits per heavy atom. The van der Waals surface area contributed by atoms with Gasteiger partial charge in [0.25, 0.3) is 0 Å². The summed E-state index contributed by atoms with van der Waals surface area (Å²) >= 11 is 0. The Kier molecular flexibility index (Phi) is 6.59. The van der Waals surface area contributed by atoms with Crippen molar-refractivity contribution < 1.29 is 23.4 Å². The average molecular weight is 329 g/mol. The molecule has 0 aliphatic heterocycles. The number of hydrogen-bond acceptors (Lipinski definition) is 4. The quantitative estimate of drug-likeness (QED) is 0.767. The first kappa shape index (κ1) is 17.9. The molecular formula is C17H25F2NO3. The Labute approximate surface area is 135 Å². The fraction of sp³-hybridized carbons (Fsp3) is 0.647. The molecular weight excluding hydrogens is 304 g/mol. The lowest BCUT2D eigenvalue weighted by Gasteiger charge is -2.32. The van der Waals surface area contributed by atoms with Gasteiger partial charge in [-0.1, -0.05) is 31.4 Å². The van der Waals surface area contributed by atoms with Crippen molar-refractivity contribution in [3.63, 3.8) is 0 Å². The maximum atomic E-state index is 12.7. The number of aliphatic hydroxyl groups is 1. The molecule has 1 saturated carbocycles. The van der Waals surface area contributed by atoms with E-state index in [1.807, 2.05) is 0 Å². The number of ether oxygens (including phenoxy) is 2. The maximum Gasteiger partial charge on any atom is 0.387 e. The summed E-state index contributed by atoms with van der Waals surface area (Å²) in [7, 11) is 0. The molecule has 0 atom stereocenters. The summed E-state index contributed by atoms with van der Waals surface area (Å²) in [4.78, 5) is 0. The van der Waals surface area contributed by atoms with Gasteiger partial charge in [0.15, 0.2) is 11.5 Å². The summed E-state index contributed by atoms with van der Waals surface area (Å²) in [6, 6.07) is 5.08. The van der Waals surface area contributed by atoms with Crippen LogP contribution in [-0.2, 0) is 6.54 Å². The van der Waals surface area contributed by atoms with E-state index in [4.69, 9.17) is 4.74 Å². The van der Waals surface area contributed by atoms with E-state index in [1.165, 1.54) is 0 Å². The highest BCUT2D eigenvalue weighted by Crippen LogP contribution is 2.33. The van der Waals surface area contributed by atoms with Crippen LogP contribution >= 0.6 is 0 Å². The molecule has 0 radical (unpaired) electrons. The zero-order valence-electron chi connectivity index (χ0n) is 13.5. The molecule has 130 valence electrons. The molecule has 0 saturated heterocycles. The van der Waals surface area contributed by atoms with Crippen LogP contribution in [0.15, 0.2) is 18.2 Å². The lowest BCUT2D eigenvalue weighted by molar-refractivity contribution is -0.0522. The van der Waals surface area contributed by atoms with Crippen molar-refractivity contribution in [3.8, 4) is 11.5 Å².